The zero-order chi connectivity index (χ0) is 18.0. The molecule has 1 saturated heterocycles. The van der Waals surface area contributed by atoms with Crippen molar-refractivity contribution < 1.29 is 19.3 Å². The zero-order valence-corrected chi connectivity index (χ0v) is 15.1. The van der Waals surface area contributed by atoms with Gasteiger partial charge >= 0.3 is 5.69 Å². The number of rotatable bonds is 5. The molecule has 8 nitrogen and oxygen atoms in total. The summed E-state index contributed by atoms with van der Waals surface area (Å²) >= 11 is 5.32. The van der Waals surface area contributed by atoms with Crippen LogP contribution >= 0.6 is 20.4 Å². The number of aliphatic hydroxyl groups is 1. The molecule has 1 aliphatic heterocycles. The number of aliphatic hydroxyl groups excluding tert-OH is 1. The minimum Gasteiger partial charge on any atom is -0.473 e. The summed E-state index contributed by atoms with van der Waals surface area (Å²) in [5.74, 6) is 1.98. The number of aromatic nitrogens is 2. The summed E-state index contributed by atoms with van der Waals surface area (Å²) in [5, 5.41) is 10.8. The van der Waals surface area contributed by atoms with Crippen LogP contribution in [0, 0.1) is 0 Å². The van der Waals surface area contributed by atoms with Crippen LogP contribution in [0.25, 0.3) is 0 Å². The molecule has 1 fully saturated rings. The fourth-order valence-electron chi connectivity index (χ4n) is 2.74. The number of nitrogens with zero attached hydrogens (tertiary/aromatic N) is 1. The lowest BCUT2D eigenvalue weighted by molar-refractivity contribution is -0.0625. The van der Waals surface area contributed by atoms with Gasteiger partial charge in [-0.15, -0.1) is 8.19 Å². The number of aromatic amines is 1. The SMILES string of the molecule is CO[C@@H]1[C@H](OC(=S)c2ccc[pH]2)[C@@H](CO)O[C@H]1n1ccc(=O)[nH]c1=O. The van der Waals surface area contributed by atoms with Gasteiger partial charge in [0.25, 0.3) is 5.56 Å². The second-order valence-electron chi connectivity index (χ2n) is 5.42. The van der Waals surface area contributed by atoms with Gasteiger partial charge in [0.15, 0.2) is 17.4 Å². The van der Waals surface area contributed by atoms with Gasteiger partial charge in [-0.2, -0.15) is 0 Å². The number of ether oxygens (including phenoxy) is 3. The first kappa shape index (κ1) is 18.0. The lowest BCUT2D eigenvalue weighted by atomic mass is 10.1. The number of methoxy groups -OCH3 is 1. The fourth-order valence-corrected chi connectivity index (χ4v) is 3.84. The molecule has 10 heteroatoms. The highest BCUT2D eigenvalue weighted by Gasteiger charge is 2.48. The third-order valence-corrected chi connectivity index (χ3v) is 5.49. The van der Waals surface area contributed by atoms with Crippen molar-refractivity contribution in [2.75, 3.05) is 13.7 Å². The predicted molar refractivity (Wildman–Crippen MR) is 95.6 cm³/mol. The molecule has 0 spiro atoms. The van der Waals surface area contributed by atoms with Crippen LogP contribution in [0.4, 0.5) is 0 Å². The van der Waals surface area contributed by atoms with Gasteiger partial charge in [-0.3, -0.25) is 14.3 Å². The number of hydrogen-bond acceptors (Lipinski definition) is 7. The monoisotopic (exact) mass is 384 g/mol. The largest absolute Gasteiger partial charge is 0.473 e. The molecule has 0 saturated carbocycles. The van der Waals surface area contributed by atoms with E-state index in [1.165, 1.54) is 23.9 Å². The Morgan fingerprint density at radius 3 is 2.84 bits per heavy atom. The van der Waals surface area contributed by atoms with Crippen molar-refractivity contribution in [1.82, 2.24) is 9.55 Å². The standard InChI is InChI=1S/C15H17N2O6PS/c1-21-12-11(23-14(25)9-3-2-6-24-9)8(7-18)22-13(12)17-5-4-10(19)16-15(17)20/h2-6,8,11-13,18,24H,7H2,1H3,(H,16,19,20)/t8-,11-,12-,13-/m1/s1. The third-order valence-electron chi connectivity index (χ3n) is 3.92. The Labute approximate surface area is 149 Å². The number of nitrogens with one attached hydrogen (secondary N) is 1. The van der Waals surface area contributed by atoms with E-state index in [-0.39, 0.29) is 6.61 Å². The molecule has 0 aromatic carbocycles. The average molecular weight is 384 g/mol. The number of hydrogen-bond donors (Lipinski definition) is 2. The topological polar surface area (TPSA) is 103 Å². The van der Waals surface area contributed by atoms with Crippen LogP contribution in [0.2, 0.25) is 0 Å². The van der Waals surface area contributed by atoms with Gasteiger partial charge in [-0.1, -0.05) is 6.07 Å². The van der Waals surface area contributed by atoms with Crippen molar-refractivity contribution in [3.05, 3.63) is 56.3 Å². The average Bonchev–Trinajstić information content (AvgIpc) is 3.22. The van der Waals surface area contributed by atoms with Gasteiger partial charge in [0.1, 0.15) is 12.2 Å². The smallest absolute Gasteiger partial charge is 0.330 e. The summed E-state index contributed by atoms with van der Waals surface area (Å²) in [7, 11) is 1.88. The first-order valence-corrected chi connectivity index (χ1v) is 8.98. The molecule has 0 bridgehead atoms. The summed E-state index contributed by atoms with van der Waals surface area (Å²) in [4.78, 5) is 25.5. The van der Waals surface area contributed by atoms with Crippen LogP contribution in [0.3, 0.4) is 0 Å². The molecular formula is C15H17N2O6PS. The van der Waals surface area contributed by atoms with Crippen molar-refractivity contribution in [1.29, 1.82) is 0 Å². The highest BCUT2D eigenvalue weighted by molar-refractivity contribution is 7.81. The van der Waals surface area contributed by atoms with E-state index >= 15 is 0 Å². The molecule has 134 valence electrons. The van der Waals surface area contributed by atoms with Crippen molar-refractivity contribution in [2.45, 2.75) is 24.5 Å². The summed E-state index contributed by atoms with van der Waals surface area (Å²) in [6.45, 7) is -0.332. The number of thiocarbonyl (C=S) groups is 1. The molecule has 2 N–H and O–H groups in total. The lowest BCUT2D eigenvalue weighted by Crippen LogP contribution is -2.40. The van der Waals surface area contributed by atoms with E-state index in [0.29, 0.717) is 13.2 Å². The van der Waals surface area contributed by atoms with Gasteiger partial charge in [0, 0.05) is 24.7 Å². The zero-order valence-electron chi connectivity index (χ0n) is 13.2. The predicted octanol–water partition coefficient (Wildman–Crippen LogP) is 0.233. The van der Waals surface area contributed by atoms with Gasteiger partial charge in [0.2, 0.25) is 0 Å². The molecule has 0 amide bonds. The van der Waals surface area contributed by atoms with Crippen LogP contribution in [-0.4, -0.2) is 51.7 Å². The van der Waals surface area contributed by atoms with Crippen LogP contribution in [0.15, 0.2) is 39.8 Å². The quantitative estimate of drug-likeness (QED) is 0.712. The van der Waals surface area contributed by atoms with E-state index in [9.17, 15) is 14.7 Å². The second-order valence-corrected chi connectivity index (χ2v) is 6.95. The minimum atomic E-state index is -0.863. The van der Waals surface area contributed by atoms with Crippen molar-refractivity contribution in [3.8, 4) is 0 Å². The molecule has 1 unspecified atom stereocenters. The Hall–Kier alpha value is -1.77. The highest BCUT2D eigenvalue weighted by atomic mass is 32.1. The van der Waals surface area contributed by atoms with Crippen molar-refractivity contribution in [3.63, 3.8) is 0 Å². The molecule has 1 aliphatic rings. The Morgan fingerprint density at radius 2 is 2.24 bits per heavy atom. The van der Waals surface area contributed by atoms with E-state index in [2.05, 4.69) is 4.98 Å². The lowest BCUT2D eigenvalue weighted by Gasteiger charge is -2.24. The summed E-state index contributed by atoms with van der Waals surface area (Å²) in [6, 6.07) is 4.98. The summed E-state index contributed by atoms with van der Waals surface area (Å²) < 4.78 is 18.3. The maximum Gasteiger partial charge on any atom is 0.330 e. The van der Waals surface area contributed by atoms with E-state index < -0.39 is 35.8 Å². The minimum absolute atomic E-state index is 0.312. The van der Waals surface area contributed by atoms with E-state index in [1.807, 2.05) is 17.9 Å². The Kier molecular flexibility index (Phi) is 5.51. The Balaban J connectivity index is 1.89. The maximum absolute atomic E-state index is 12.0. The molecular weight excluding hydrogens is 367 g/mol. The van der Waals surface area contributed by atoms with E-state index in [4.69, 9.17) is 26.4 Å². The second kappa shape index (κ2) is 7.63. The van der Waals surface area contributed by atoms with Crippen molar-refractivity contribution >= 4 is 25.5 Å². The van der Waals surface area contributed by atoms with Gasteiger partial charge in [-0.05, 0) is 24.1 Å². The van der Waals surface area contributed by atoms with E-state index in [1.54, 1.807) is 0 Å². The summed E-state index contributed by atoms with van der Waals surface area (Å²) in [6.07, 6.45) is -1.67. The van der Waals surface area contributed by atoms with Crippen LogP contribution in [0.5, 0.6) is 0 Å². The normalized spacial score (nSPS) is 26.2. The third kappa shape index (κ3) is 3.61. The molecule has 25 heavy (non-hydrogen) atoms. The molecule has 0 radical (unpaired) electrons. The number of H-pyrrole nitrogens is 1. The molecule has 3 rings (SSSR count). The first-order chi connectivity index (χ1) is 12.0. The molecule has 5 atom stereocenters. The fraction of sp³-hybridized carbons (Fsp3) is 0.400. The molecule has 2 aromatic rings. The Morgan fingerprint density at radius 1 is 1.44 bits per heavy atom. The maximum atomic E-state index is 12.0. The van der Waals surface area contributed by atoms with Crippen LogP contribution in [-0.2, 0) is 14.2 Å². The van der Waals surface area contributed by atoms with Gasteiger partial charge in [0.05, 0.1) is 6.61 Å². The molecule has 3 heterocycles. The highest BCUT2D eigenvalue weighted by Crippen LogP contribution is 2.33. The van der Waals surface area contributed by atoms with Gasteiger partial charge in [-0.25, -0.2) is 4.79 Å². The van der Waals surface area contributed by atoms with Crippen molar-refractivity contribution in [2.24, 2.45) is 0 Å². The Bertz CT molecular complexity index is 848. The van der Waals surface area contributed by atoms with Crippen LogP contribution in [0.1, 0.15) is 11.5 Å². The van der Waals surface area contributed by atoms with Gasteiger partial charge < -0.3 is 19.3 Å². The first-order valence-electron chi connectivity index (χ1n) is 7.50. The molecule has 0 aliphatic carbocycles. The summed E-state index contributed by atoms with van der Waals surface area (Å²) in [5.41, 5.74) is -1.15. The molecule has 2 aromatic heterocycles. The van der Waals surface area contributed by atoms with Crippen LogP contribution < -0.4 is 11.2 Å². The van der Waals surface area contributed by atoms with E-state index in [0.717, 1.165) is 5.30 Å².